The normalized spacial score (nSPS) is 12.5. The molecule has 3 aromatic heterocycles. The van der Waals surface area contributed by atoms with Crippen molar-refractivity contribution in [2.75, 3.05) is 7.11 Å². The van der Waals surface area contributed by atoms with Crippen LogP contribution < -0.4 is 4.74 Å². The van der Waals surface area contributed by atoms with E-state index in [2.05, 4.69) is 190 Å². The second kappa shape index (κ2) is 18.8. The van der Waals surface area contributed by atoms with Crippen molar-refractivity contribution in [1.29, 1.82) is 0 Å². The summed E-state index contributed by atoms with van der Waals surface area (Å²) in [5.41, 5.74) is 17.8. The maximum absolute atomic E-state index is 11.8. The number of aromatic carboxylic acids is 1. The first kappa shape index (κ1) is 49.8. The van der Waals surface area contributed by atoms with Crippen molar-refractivity contribution >= 4 is 52.3 Å². The Morgan fingerprint density at radius 1 is 0.452 bits per heavy atom. The summed E-state index contributed by atoms with van der Waals surface area (Å²) >= 11 is 0. The summed E-state index contributed by atoms with van der Waals surface area (Å²) in [7, 11) is 1.67. The molecular formula is C66H64N4O3. The van der Waals surface area contributed by atoms with Crippen LogP contribution in [0.5, 0.6) is 5.75 Å². The number of nitrogens with zero attached hydrogens (tertiary/aromatic N) is 2. The zero-order valence-corrected chi connectivity index (χ0v) is 44.4. The topological polar surface area (TPSA) is 104 Å². The highest BCUT2D eigenvalue weighted by Crippen LogP contribution is 2.40. The maximum Gasteiger partial charge on any atom is 0.335 e. The van der Waals surface area contributed by atoms with Crippen LogP contribution in [0.3, 0.4) is 0 Å². The number of carboxylic acid groups (broad SMARTS) is 1. The number of benzene rings is 4. The van der Waals surface area contributed by atoms with Crippen molar-refractivity contribution in [2.45, 2.75) is 105 Å². The highest BCUT2D eigenvalue weighted by atomic mass is 16.5. The second-order valence-electron chi connectivity index (χ2n) is 23.2. The Morgan fingerprint density at radius 3 is 1.18 bits per heavy atom. The van der Waals surface area contributed by atoms with Gasteiger partial charge in [0.05, 0.1) is 57.6 Å². The lowest BCUT2D eigenvalue weighted by molar-refractivity contribution is 0.0697. The third-order valence-corrected chi connectivity index (χ3v) is 13.5. The SMILES string of the molecule is COc1ccc(C#Cc2c3ccc([nH]3)c(-c3cc(C(C)(C)C)cc(C(C)(C)C)c3)c3nc(c(C#Cc4ccc(C(=O)O)cc4)c4nc(c(-c5cc(C(C)(C)C)cc(C(C)(C)C)c5)c5ccc2[nH]5)C=C4)C=C3)cc1. The number of hydrogen-bond acceptors (Lipinski definition) is 4. The molecule has 366 valence electrons. The van der Waals surface area contributed by atoms with Gasteiger partial charge in [-0.05, 0) is 152 Å². The van der Waals surface area contributed by atoms with Crippen LogP contribution in [0.2, 0.25) is 0 Å². The van der Waals surface area contributed by atoms with E-state index in [0.29, 0.717) is 22.5 Å². The van der Waals surface area contributed by atoms with Gasteiger partial charge in [-0.25, -0.2) is 14.8 Å². The van der Waals surface area contributed by atoms with Crippen molar-refractivity contribution in [3.8, 4) is 51.7 Å². The number of aromatic nitrogens is 4. The first-order valence-electron chi connectivity index (χ1n) is 24.9. The molecule has 7 aromatic rings. The third-order valence-electron chi connectivity index (χ3n) is 13.5. The van der Waals surface area contributed by atoms with Gasteiger partial charge in [0.15, 0.2) is 0 Å². The van der Waals surface area contributed by atoms with Gasteiger partial charge in [-0.15, -0.1) is 0 Å². The highest BCUT2D eigenvalue weighted by Gasteiger charge is 2.26. The lowest BCUT2D eigenvalue weighted by atomic mass is 9.78. The summed E-state index contributed by atoms with van der Waals surface area (Å²) in [6, 6.07) is 36.8. The summed E-state index contributed by atoms with van der Waals surface area (Å²) in [6.07, 6.45) is 8.21. The van der Waals surface area contributed by atoms with Crippen LogP contribution in [-0.4, -0.2) is 38.1 Å². The fourth-order valence-electron chi connectivity index (χ4n) is 8.99. The minimum Gasteiger partial charge on any atom is -0.497 e. The fourth-order valence-corrected chi connectivity index (χ4v) is 8.99. The van der Waals surface area contributed by atoms with Crippen LogP contribution in [0.25, 0.3) is 68.6 Å². The Kier molecular flexibility index (Phi) is 12.8. The van der Waals surface area contributed by atoms with E-state index in [1.54, 1.807) is 31.4 Å². The standard InChI is InChI=1S/C66H64N4O3/c1-63(2,3)45-34-43(35-46(38-45)64(4,5)6)60-56-30-26-52(67-56)50(24-18-40-14-20-42(21-15-40)62(71)72)53-27-31-57(68-53)61(44-36-47(65(7,8)9)39-48(37-44)66(10,11)12)59-33-29-55(70-59)51(54-28-32-58(60)69-54)25-19-41-16-22-49(73-13)23-17-41/h14-17,20-23,26-39,69-70H,1-13H3,(H,71,72). The summed E-state index contributed by atoms with van der Waals surface area (Å²) in [5.74, 6) is 13.7. The number of carboxylic acids is 1. The molecule has 8 bridgehead atoms. The lowest BCUT2D eigenvalue weighted by Gasteiger charge is -2.26. The molecule has 4 aromatic carbocycles. The van der Waals surface area contributed by atoms with E-state index in [0.717, 1.165) is 72.6 Å². The van der Waals surface area contributed by atoms with Crippen LogP contribution >= 0.6 is 0 Å². The number of methoxy groups -OCH3 is 1. The molecule has 0 unspecified atom stereocenters. The molecule has 0 atom stereocenters. The quantitative estimate of drug-likeness (QED) is 0.152. The van der Waals surface area contributed by atoms with Gasteiger partial charge >= 0.3 is 5.97 Å². The number of aromatic amines is 2. The van der Waals surface area contributed by atoms with Crippen LogP contribution in [0.1, 0.15) is 161 Å². The van der Waals surface area contributed by atoms with Gasteiger partial charge < -0.3 is 19.8 Å². The van der Waals surface area contributed by atoms with Crippen LogP contribution in [0, 0.1) is 23.7 Å². The van der Waals surface area contributed by atoms with E-state index in [4.69, 9.17) is 14.7 Å². The van der Waals surface area contributed by atoms with Gasteiger partial charge in [-0.3, -0.25) is 0 Å². The fraction of sp³-hybridized carbons (Fsp3) is 0.258. The number of H-pyrrole nitrogens is 2. The maximum atomic E-state index is 11.8. The van der Waals surface area contributed by atoms with Crippen molar-refractivity contribution < 1.29 is 14.6 Å². The minimum absolute atomic E-state index is 0.137. The largest absolute Gasteiger partial charge is 0.497 e. The molecule has 0 aliphatic carbocycles. The minimum atomic E-state index is -0.989. The summed E-state index contributed by atoms with van der Waals surface area (Å²) < 4.78 is 5.48. The van der Waals surface area contributed by atoms with E-state index in [-0.39, 0.29) is 27.2 Å². The molecule has 2 aliphatic rings. The Balaban J connectivity index is 1.45. The zero-order valence-electron chi connectivity index (χ0n) is 44.4. The molecule has 3 N–H and O–H groups in total. The number of ether oxygens (including phenoxy) is 1. The first-order chi connectivity index (χ1) is 34.4. The molecule has 5 heterocycles. The molecular weight excluding hydrogens is 897 g/mol. The highest BCUT2D eigenvalue weighted by molar-refractivity contribution is 5.96. The first-order valence-corrected chi connectivity index (χ1v) is 24.9. The van der Waals surface area contributed by atoms with Gasteiger partial charge in [0, 0.05) is 33.3 Å². The van der Waals surface area contributed by atoms with Crippen molar-refractivity contribution in [3.05, 3.63) is 182 Å². The van der Waals surface area contributed by atoms with E-state index < -0.39 is 5.97 Å². The smallest absolute Gasteiger partial charge is 0.335 e. The third kappa shape index (κ3) is 10.6. The van der Waals surface area contributed by atoms with Crippen LogP contribution in [-0.2, 0) is 21.7 Å². The van der Waals surface area contributed by atoms with Crippen molar-refractivity contribution in [1.82, 2.24) is 19.9 Å². The van der Waals surface area contributed by atoms with E-state index in [1.165, 1.54) is 22.3 Å². The summed E-state index contributed by atoms with van der Waals surface area (Å²) in [4.78, 5) is 30.5. The predicted octanol–water partition coefficient (Wildman–Crippen LogP) is 15.7. The lowest BCUT2D eigenvalue weighted by Crippen LogP contribution is -2.16. The number of carbonyl (C=O) groups is 1. The van der Waals surface area contributed by atoms with Crippen molar-refractivity contribution in [3.63, 3.8) is 0 Å². The molecule has 73 heavy (non-hydrogen) atoms. The number of rotatable bonds is 4. The van der Waals surface area contributed by atoms with Gasteiger partial charge in [-0.1, -0.05) is 143 Å². The van der Waals surface area contributed by atoms with Crippen molar-refractivity contribution in [2.24, 2.45) is 0 Å². The predicted molar refractivity (Wildman–Crippen MR) is 303 cm³/mol. The zero-order chi connectivity index (χ0) is 52.2. The Morgan fingerprint density at radius 2 is 0.808 bits per heavy atom. The molecule has 0 amide bonds. The van der Waals surface area contributed by atoms with Gasteiger partial charge in [0.25, 0.3) is 0 Å². The molecule has 2 aliphatic heterocycles. The number of nitrogens with one attached hydrogen (secondary N) is 2. The Labute approximate surface area is 430 Å². The van der Waals surface area contributed by atoms with E-state index in [9.17, 15) is 9.90 Å². The Hall–Kier alpha value is -8.13. The average Bonchev–Trinajstić information content (AvgIpc) is 4.19. The van der Waals surface area contributed by atoms with Gasteiger partial charge in [-0.2, -0.15) is 0 Å². The molecule has 0 saturated heterocycles. The van der Waals surface area contributed by atoms with Crippen LogP contribution in [0.4, 0.5) is 0 Å². The summed E-state index contributed by atoms with van der Waals surface area (Å²) in [5, 5.41) is 9.64. The molecule has 7 nitrogen and oxygen atoms in total. The molecule has 0 saturated carbocycles. The van der Waals surface area contributed by atoms with E-state index >= 15 is 0 Å². The van der Waals surface area contributed by atoms with Crippen LogP contribution in [0.15, 0.2) is 109 Å². The monoisotopic (exact) mass is 960 g/mol. The molecule has 0 radical (unpaired) electrons. The van der Waals surface area contributed by atoms with E-state index in [1.807, 2.05) is 36.4 Å². The molecule has 0 spiro atoms. The van der Waals surface area contributed by atoms with Gasteiger partial charge in [0.1, 0.15) is 5.75 Å². The second-order valence-corrected chi connectivity index (χ2v) is 23.2. The molecule has 0 fully saturated rings. The number of hydrogen-bond donors (Lipinski definition) is 3. The summed E-state index contributed by atoms with van der Waals surface area (Å²) in [6.45, 7) is 27.1. The molecule has 7 heteroatoms. The van der Waals surface area contributed by atoms with Gasteiger partial charge in [0.2, 0.25) is 0 Å². The molecule has 9 rings (SSSR count). The Bertz CT molecular complexity index is 3480. The average molecular weight is 961 g/mol. The number of fused-ring (bicyclic) bond motifs is 8.